The van der Waals surface area contributed by atoms with Gasteiger partial charge in [-0.25, -0.2) is 8.42 Å². The Hall–Kier alpha value is -1.73. The van der Waals surface area contributed by atoms with Gasteiger partial charge in [0.05, 0.1) is 10.8 Å². The van der Waals surface area contributed by atoms with Crippen molar-refractivity contribution in [3.63, 3.8) is 0 Å². The quantitative estimate of drug-likeness (QED) is 0.925. The summed E-state index contributed by atoms with van der Waals surface area (Å²) in [4.78, 5) is 4.75. The molecule has 2 atom stereocenters. The molecule has 2 aromatic rings. The molecule has 0 saturated heterocycles. The molecule has 0 aliphatic heterocycles. The van der Waals surface area contributed by atoms with Gasteiger partial charge in [-0.1, -0.05) is 18.0 Å². The molecule has 0 amide bonds. The van der Waals surface area contributed by atoms with Gasteiger partial charge in [-0.15, -0.1) is 0 Å². The van der Waals surface area contributed by atoms with Crippen molar-refractivity contribution in [2.24, 2.45) is 5.73 Å². The van der Waals surface area contributed by atoms with Gasteiger partial charge < -0.3 is 10.3 Å². The lowest BCUT2D eigenvalue weighted by Crippen LogP contribution is -2.44. The summed E-state index contributed by atoms with van der Waals surface area (Å²) in [7, 11) is -3.21. The SMILES string of the molecule is CC1(N)CCCCC1c1nc(-c2ccc(S(C)(=O)=O)cc2)no1. The van der Waals surface area contributed by atoms with E-state index in [1.807, 2.05) is 6.92 Å². The van der Waals surface area contributed by atoms with Gasteiger partial charge in [-0.2, -0.15) is 4.98 Å². The Bertz CT molecular complexity index is 794. The third kappa shape index (κ3) is 3.30. The van der Waals surface area contributed by atoms with Crippen molar-refractivity contribution >= 4 is 9.84 Å². The van der Waals surface area contributed by atoms with E-state index >= 15 is 0 Å². The van der Waals surface area contributed by atoms with E-state index in [9.17, 15) is 8.42 Å². The Kier molecular flexibility index (Phi) is 4.01. The van der Waals surface area contributed by atoms with Crippen molar-refractivity contribution in [3.8, 4) is 11.4 Å². The van der Waals surface area contributed by atoms with Crippen LogP contribution in [0, 0.1) is 0 Å². The zero-order chi connectivity index (χ0) is 16.7. The minimum atomic E-state index is -3.21. The van der Waals surface area contributed by atoms with Gasteiger partial charge in [-0.3, -0.25) is 0 Å². The molecular weight excluding hydrogens is 314 g/mol. The summed E-state index contributed by atoms with van der Waals surface area (Å²) >= 11 is 0. The molecule has 124 valence electrons. The monoisotopic (exact) mass is 335 g/mol. The van der Waals surface area contributed by atoms with Crippen molar-refractivity contribution in [2.75, 3.05) is 6.26 Å². The van der Waals surface area contributed by atoms with Crippen LogP contribution in [0.3, 0.4) is 0 Å². The first-order chi connectivity index (χ1) is 10.8. The van der Waals surface area contributed by atoms with Crippen LogP contribution >= 0.6 is 0 Å². The van der Waals surface area contributed by atoms with Crippen molar-refractivity contribution in [1.82, 2.24) is 10.1 Å². The molecule has 1 aliphatic rings. The van der Waals surface area contributed by atoms with Gasteiger partial charge in [0.2, 0.25) is 11.7 Å². The summed E-state index contributed by atoms with van der Waals surface area (Å²) < 4.78 is 28.4. The van der Waals surface area contributed by atoms with Crippen LogP contribution < -0.4 is 5.73 Å². The lowest BCUT2D eigenvalue weighted by atomic mass is 9.74. The highest BCUT2D eigenvalue weighted by Gasteiger charge is 2.37. The number of nitrogens with two attached hydrogens (primary N) is 1. The lowest BCUT2D eigenvalue weighted by molar-refractivity contribution is 0.223. The van der Waals surface area contributed by atoms with E-state index in [-0.39, 0.29) is 16.4 Å². The van der Waals surface area contributed by atoms with Crippen LogP contribution in [0.5, 0.6) is 0 Å². The second kappa shape index (κ2) is 5.72. The molecule has 0 bridgehead atoms. The average Bonchev–Trinajstić information content (AvgIpc) is 2.95. The summed E-state index contributed by atoms with van der Waals surface area (Å²) in [6, 6.07) is 6.48. The molecule has 0 radical (unpaired) electrons. The van der Waals surface area contributed by atoms with Crippen molar-refractivity contribution in [2.45, 2.75) is 49.0 Å². The van der Waals surface area contributed by atoms with Gasteiger partial charge in [0, 0.05) is 17.4 Å². The van der Waals surface area contributed by atoms with Crippen LogP contribution in [0.2, 0.25) is 0 Å². The molecule has 7 heteroatoms. The minimum Gasteiger partial charge on any atom is -0.339 e. The third-order valence-corrected chi connectivity index (χ3v) is 5.66. The van der Waals surface area contributed by atoms with Gasteiger partial charge >= 0.3 is 0 Å². The highest BCUT2D eigenvalue weighted by molar-refractivity contribution is 7.90. The van der Waals surface area contributed by atoms with E-state index in [2.05, 4.69) is 10.1 Å². The normalized spacial score (nSPS) is 25.4. The Labute approximate surface area is 136 Å². The molecule has 1 aromatic heterocycles. The average molecular weight is 335 g/mol. The molecule has 23 heavy (non-hydrogen) atoms. The number of hydrogen-bond acceptors (Lipinski definition) is 6. The van der Waals surface area contributed by atoms with Crippen LogP contribution in [-0.4, -0.2) is 30.4 Å². The molecule has 2 unspecified atom stereocenters. The predicted octanol–water partition coefficient (Wildman–Crippen LogP) is 2.52. The van der Waals surface area contributed by atoms with Crippen molar-refractivity contribution in [3.05, 3.63) is 30.2 Å². The van der Waals surface area contributed by atoms with Gasteiger partial charge in [0.25, 0.3) is 0 Å². The molecule has 1 fully saturated rings. The topological polar surface area (TPSA) is 99.1 Å². The Balaban J connectivity index is 1.87. The molecule has 1 aromatic carbocycles. The third-order valence-electron chi connectivity index (χ3n) is 4.53. The highest BCUT2D eigenvalue weighted by Crippen LogP contribution is 2.38. The van der Waals surface area contributed by atoms with E-state index in [4.69, 9.17) is 10.3 Å². The van der Waals surface area contributed by atoms with E-state index in [0.717, 1.165) is 31.2 Å². The zero-order valence-electron chi connectivity index (χ0n) is 13.3. The number of sulfone groups is 1. The van der Waals surface area contributed by atoms with Crippen LogP contribution in [0.25, 0.3) is 11.4 Å². The predicted molar refractivity (Wildman–Crippen MR) is 86.6 cm³/mol. The maximum Gasteiger partial charge on any atom is 0.231 e. The molecule has 6 nitrogen and oxygen atoms in total. The standard InChI is InChI=1S/C16H21N3O3S/c1-16(17)10-4-3-5-13(16)15-18-14(19-22-15)11-6-8-12(9-7-11)23(2,20)21/h6-9,13H,3-5,10,17H2,1-2H3. The summed E-state index contributed by atoms with van der Waals surface area (Å²) in [6.07, 6.45) is 5.30. The first-order valence-corrected chi connectivity index (χ1v) is 9.59. The fourth-order valence-corrected chi connectivity index (χ4v) is 3.74. The fraction of sp³-hybridized carbons (Fsp3) is 0.500. The molecule has 1 saturated carbocycles. The lowest BCUT2D eigenvalue weighted by Gasteiger charge is -2.35. The smallest absolute Gasteiger partial charge is 0.231 e. The van der Waals surface area contributed by atoms with E-state index < -0.39 is 9.84 Å². The molecule has 0 spiro atoms. The summed E-state index contributed by atoms with van der Waals surface area (Å²) in [5.41, 5.74) is 6.77. The summed E-state index contributed by atoms with van der Waals surface area (Å²) in [6.45, 7) is 2.03. The number of rotatable bonds is 3. The van der Waals surface area contributed by atoms with Crippen LogP contribution in [0.1, 0.15) is 44.4 Å². The van der Waals surface area contributed by atoms with Gasteiger partial charge in [-0.05, 0) is 44.0 Å². The summed E-state index contributed by atoms with van der Waals surface area (Å²) in [5, 5.41) is 4.03. The zero-order valence-corrected chi connectivity index (χ0v) is 14.1. The molecule has 2 N–H and O–H groups in total. The van der Waals surface area contributed by atoms with Crippen LogP contribution in [-0.2, 0) is 9.84 Å². The van der Waals surface area contributed by atoms with Crippen LogP contribution in [0.4, 0.5) is 0 Å². The highest BCUT2D eigenvalue weighted by atomic mass is 32.2. The number of hydrogen-bond donors (Lipinski definition) is 1. The number of aromatic nitrogens is 2. The van der Waals surface area contributed by atoms with E-state index in [1.165, 1.54) is 6.26 Å². The van der Waals surface area contributed by atoms with Crippen molar-refractivity contribution in [1.29, 1.82) is 0 Å². The number of nitrogens with zero attached hydrogens (tertiary/aromatic N) is 2. The fourth-order valence-electron chi connectivity index (χ4n) is 3.11. The van der Waals surface area contributed by atoms with Crippen LogP contribution in [0.15, 0.2) is 33.7 Å². The second-order valence-corrected chi connectivity index (χ2v) is 8.57. The maximum atomic E-state index is 11.5. The molecule has 3 rings (SSSR count). The van der Waals surface area contributed by atoms with Gasteiger partial charge in [0.15, 0.2) is 9.84 Å². The Morgan fingerprint density at radius 2 is 1.96 bits per heavy atom. The largest absolute Gasteiger partial charge is 0.339 e. The Morgan fingerprint density at radius 3 is 2.57 bits per heavy atom. The Morgan fingerprint density at radius 1 is 1.26 bits per heavy atom. The van der Waals surface area contributed by atoms with E-state index in [0.29, 0.717) is 11.7 Å². The summed E-state index contributed by atoms with van der Waals surface area (Å²) in [5.74, 6) is 1.09. The van der Waals surface area contributed by atoms with Crippen molar-refractivity contribution < 1.29 is 12.9 Å². The maximum absolute atomic E-state index is 11.5. The molecular formula is C16H21N3O3S. The second-order valence-electron chi connectivity index (χ2n) is 6.56. The number of benzene rings is 1. The first-order valence-electron chi connectivity index (χ1n) is 7.70. The van der Waals surface area contributed by atoms with Gasteiger partial charge in [0.1, 0.15) is 0 Å². The minimum absolute atomic E-state index is 0.0628. The molecule has 1 heterocycles. The molecule has 1 aliphatic carbocycles. The first kappa shape index (κ1) is 16.1. The van der Waals surface area contributed by atoms with E-state index in [1.54, 1.807) is 24.3 Å².